The van der Waals surface area contributed by atoms with Gasteiger partial charge in [0, 0.05) is 54.0 Å². The number of benzene rings is 3. The lowest BCUT2D eigenvalue weighted by Gasteiger charge is -2.19. The number of hydrogen-bond acceptors (Lipinski definition) is 4. The lowest BCUT2D eigenvalue weighted by atomic mass is 9.89. The van der Waals surface area contributed by atoms with Gasteiger partial charge in [0.15, 0.2) is 5.78 Å². The number of ketones is 1. The van der Waals surface area contributed by atoms with Gasteiger partial charge in [0.1, 0.15) is 25.4 Å². The van der Waals surface area contributed by atoms with E-state index >= 15 is 0 Å². The number of nitrogens with zero attached hydrogens (tertiary/aromatic N) is 2. The summed E-state index contributed by atoms with van der Waals surface area (Å²) in [5, 5.41) is 11.7. The summed E-state index contributed by atoms with van der Waals surface area (Å²) in [5.41, 5.74) is 4.21. The monoisotopic (exact) mass is 429 g/mol. The van der Waals surface area contributed by atoms with Crippen LogP contribution in [-0.4, -0.2) is 45.0 Å². The first-order valence-corrected chi connectivity index (χ1v) is 10.2. The van der Waals surface area contributed by atoms with Gasteiger partial charge in [0.05, 0.1) is 11.6 Å². The van der Waals surface area contributed by atoms with Gasteiger partial charge >= 0.3 is 5.97 Å². The lowest BCUT2D eigenvalue weighted by molar-refractivity contribution is 0.0697. The van der Waals surface area contributed by atoms with E-state index in [0.29, 0.717) is 22.5 Å². The third-order valence-electron chi connectivity index (χ3n) is 5.65. The Bertz CT molecular complexity index is 1430. The SMILES string of the molecule is CC(=O)c1ccc(C(=O)O)c(-c2c3ccc(=[N+](C)C)cc-3oc3cc(N(C)C)ccc23)c1. The van der Waals surface area contributed by atoms with E-state index in [0.717, 1.165) is 27.6 Å². The number of carboxylic acids is 1. The molecule has 1 N–H and O–H groups in total. The van der Waals surface area contributed by atoms with Gasteiger partial charge in [-0.25, -0.2) is 9.37 Å². The van der Waals surface area contributed by atoms with Crippen LogP contribution in [0.3, 0.4) is 0 Å². The maximum Gasteiger partial charge on any atom is 0.336 e. The molecule has 0 radical (unpaired) electrons. The Balaban J connectivity index is 2.21. The lowest BCUT2D eigenvalue weighted by Crippen LogP contribution is -2.21. The Hall–Kier alpha value is -3.93. The summed E-state index contributed by atoms with van der Waals surface area (Å²) in [6, 6.07) is 16.4. The van der Waals surface area contributed by atoms with Crippen LogP contribution in [0.15, 0.2) is 59.0 Å². The minimum Gasteiger partial charge on any atom is -0.478 e. The molecule has 0 spiro atoms. The first-order valence-electron chi connectivity index (χ1n) is 10.2. The minimum atomic E-state index is -1.05. The summed E-state index contributed by atoms with van der Waals surface area (Å²) in [4.78, 5) is 26.2. The minimum absolute atomic E-state index is 0.123. The fourth-order valence-corrected chi connectivity index (χ4v) is 3.87. The van der Waals surface area contributed by atoms with Gasteiger partial charge in [0.2, 0.25) is 5.36 Å². The van der Waals surface area contributed by atoms with Crippen molar-refractivity contribution < 1.29 is 19.1 Å². The Labute approximate surface area is 186 Å². The highest BCUT2D eigenvalue weighted by atomic mass is 16.4. The van der Waals surface area contributed by atoms with E-state index in [9.17, 15) is 14.7 Å². The molecule has 0 atom stereocenters. The van der Waals surface area contributed by atoms with Crippen molar-refractivity contribution in [1.82, 2.24) is 4.58 Å². The standard InChI is InChI=1S/C26H24N2O4/c1-15(29)16-6-9-19(26(30)31)22(12-16)25-20-10-7-17(27(2)3)13-23(20)32-24-14-18(28(4)5)8-11-21(24)25/h6-14H,1-5H3/p+1. The fourth-order valence-electron chi connectivity index (χ4n) is 3.87. The van der Waals surface area contributed by atoms with Crippen LogP contribution in [0.1, 0.15) is 27.6 Å². The van der Waals surface area contributed by atoms with E-state index in [2.05, 4.69) is 0 Å². The average molecular weight is 429 g/mol. The summed E-state index contributed by atoms with van der Waals surface area (Å²) < 4.78 is 8.28. The van der Waals surface area contributed by atoms with Gasteiger partial charge in [-0.05, 0) is 42.8 Å². The zero-order chi connectivity index (χ0) is 23.2. The van der Waals surface area contributed by atoms with E-state index in [-0.39, 0.29) is 11.3 Å². The number of carboxylic acid groups (broad SMARTS) is 1. The van der Waals surface area contributed by atoms with Gasteiger partial charge in [0.25, 0.3) is 0 Å². The summed E-state index contributed by atoms with van der Waals surface area (Å²) in [7, 11) is 7.80. The molecule has 162 valence electrons. The molecule has 0 amide bonds. The zero-order valence-corrected chi connectivity index (χ0v) is 18.8. The molecule has 2 aromatic carbocycles. The van der Waals surface area contributed by atoms with Crippen LogP contribution in [0.2, 0.25) is 0 Å². The summed E-state index contributed by atoms with van der Waals surface area (Å²) >= 11 is 0. The van der Waals surface area contributed by atoms with E-state index < -0.39 is 5.97 Å². The molecule has 0 bridgehead atoms. The second-order valence-electron chi connectivity index (χ2n) is 8.25. The Morgan fingerprint density at radius 2 is 1.69 bits per heavy atom. The van der Waals surface area contributed by atoms with E-state index in [1.54, 1.807) is 12.1 Å². The largest absolute Gasteiger partial charge is 0.478 e. The Morgan fingerprint density at radius 3 is 2.31 bits per heavy atom. The molecule has 0 saturated heterocycles. The summed E-state index contributed by atoms with van der Waals surface area (Å²) in [5.74, 6) is -0.534. The number of carbonyl (C=O) groups excluding carboxylic acids is 1. The quantitative estimate of drug-likeness (QED) is 0.299. The number of Topliss-reactive ketones (excluding diaryl/α,β-unsaturated/α-hetero) is 1. The van der Waals surface area contributed by atoms with E-state index in [1.807, 2.05) is 74.1 Å². The molecule has 0 saturated carbocycles. The summed E-state index contributed by atoms with van der Waals surface area (Å²) in [6.45, 7) is 1.48. The summed E-state index contributed by atoms with van der Waals surface area (Å²) in [6.07, 6.45) is 0. The molecule has 6 heteroatoms. The topological polar surface area (TPSA) is 73.8 Å². The fraction of sp³-hybridized carbons (Fsp3) is 0.192. The highest BCUT2D eigenvalue weighted by Gasteiger charge is 2.23. The molecule has 1 aliphatic heterocycles. The normalized spacial score (nSPS) is 11.0. The van der Waals surface area contributed by atoms with Crippen molar-refractivity contribution in [3.8, 4) is 22.5 Å². The highest BCUT2D eigenvalue weighted by molar-refractivity contribution is 6.09. The van der Waals surface area contributed by atoms with Crippen molar-refractivity contribution in [1.29, 1.82) is 0 Å². The molecule has 0 fully saturated rings. The van der Waals surface area contributed by atoms with Gasteiger partial charge in [-0.3, -0.25) is 4.79 Å². The first-order chi connectivity index (χ1) is 15.2. The molecule has 1 aliphatic carbocycles. The van der Waals surface area contributed by atoms with Gasteiger partial charge in [-0.15, -0.1) is 0 Å². The van der Waals surface area contributed by atoms with Crippen LogP contribution in [0.4, 0.5) is 5.69 Å². The van der Waals surface area contributed by atoms with Crippen LogP contribution in [0.25, 0.3) is 33.4 Å². The van der Waals surface area contributed by atoms with Gasteiger partial charge < -0.3 is 14.4 Å². The highest BCUT2D eigenvalue weighted by Crippen LogP contribution is 2.42. The average Bonchev–Trinajstić information content (AvgIpc) is 2.75. The maximum absolute atomic E-state index is 12.1. The van der Waals surface area contributed by atoms with Gasteiger partial charge in [-0.1, -0.05) is 6.07 Å². The number of rotatable bonds is 4. The number of anilines is 1. The van der Waals surface area contributed by atoms with Crippen molar-refractivity contribution in [2.45, 2.75) is 6.92 Å². The maximum atomic E-state index is 12.1. The van der Waals surface area contributed by atoms with Crippen LogP contribution in [0, 0.1) is 0 Å². The van der Waals surface area contributed by atoms with Crippen molar-refractivity contribution in [2.75, 3.05) is 33.1 Å². The van der Waals surface area contributed by atoms with E-state index in [4.69, 9.17) is 4.42 Å². The molecule has 2 aromatic rings. The molecular weight excluding hydrogens is 404 g/mol. The van der Waals surface area contributed by atoms with Crippen molar-refractivity contribution in [3.05, 3.63) is 71.1 Å². The van der Waals surface area contributed by atoms with Crippen molar-refractivity contribution >= 4 is 28.4 Å². The Morgan fingerprint density at radius 1 is 0.938 bits per heavy atom. The van der Waals surface area contributed by atoms with Gasteiger partial charge in [-0.2, -0.15) is 0 Å². The number of hydrogen-bond donors (Lipinski definition) is 1. The van der Waals surface area contributed by atoms with Crippen LogP contribution in [0.5, 0.6) is 0 Å². The predicted molar refractivity (Wildman–Crippen MR) is 127 cm³/mol. The number of carbonyl (C=O) groups is 2. The molecule has 0 aromatic heterocycles. The molecule has 4 rings (SSSR count). The molecule has 1 heterocycles. The molecule has 0 unspecified atom stereocenters. The third-order valence-corrected chi connectivity index (χ3v) is 5.65. The molecule has 2 aliphatic rings. The molecular formula is C26H25N2O4+. The molecule has 32 heavy (non-hydrogen) atoms. The zero-order valence-electron chi connectivity index (χ0n) is 18.8. The third kappa shape index (κ3) is 3.64. The van der Waals surface area contributed by atoms with Crippen molar-refractivity contribution in [3.63, 3.8) is 0 Å². The second-order valence-corrected chi connectivity index (χ2v) is 8.25. The second kappa shape index (κ2) is 7.96. The number of fused-ring (bicyclic) bond motifs is 2. The van der Waals surface area contributed by atoms with Crippen molar-refractivity contribution in [2.24, 2.45) is 0 Å². The smallest absolute Gasteiger partial charge is 0.336 e. The predicted octanol–water partition coefficient (Wildman–Crippen LogP) is 4.20. The number of aromatic carboxylic acids is 1. The Kier molecular flexibility index (Phi) is 5.30. The van der Waals surface area contributed by atoms with Crippen LogP contribution >= 0.6 is 0 Å². The van der Waals surface area contributed by atoms with E-state index in [1.165, 1.54) is 13.0 Å². The van der Waals surface area contributed by atoms with Crippen LogP contribution in [-0.2, 0) is 0 Å². The first kappa shape index (κ1) is 21.3. The van der Waals surface area contributed by atoms with Crippen LogP contribution < -0.4 is 14.8 Å². The molecule has 6 nitrogen and oxygen atoms in total.